The maximum Gasteiger partial charge on any atom is 0.321 e. The molecule has 0 spiro atoms. The van der Waals surface area contributed by atoms with Crippen molar-refractivity contribution in [2.24, 2.45) is 0 Å². The first-order valence-corrected chi connectivity index (χ1v) is 10.8. The van der Waals surface area contributed by atoms with Crippen LogP contribution in [0.15, 0.2) is 42.6 Å². The molecule has 4 rings (SSSR count). The zero-order valence-corrected chi connectivity index (χ0v) is 17.8. The van der Waals surface area contributed by atoms with Gasteiger partial charge in [0.2, 0.25) is 5.88 Å². The van der Waals surface area contributed by atoms with Gasteiger partial charge in [0.05, 0.1) is 19.8 Å². The van der Waals surface area contributed by atoms with E-state index in [4.69, 9.17) is 9.47 Å². The Hall–Kier alpha value is -3.13. The van der Waals surface area contributed by atoms with Gasteiger partial charge < -0.3 is 24.6 Å². The van der Waals surface area contributed by atoms with Crippen LogP contribution >= 0.6 is 0 Å². The minimum atomic E-state index is -0.209. The number of nitrogens with zero attached hydrogens (tertiary/aromatic N) is 3. The summed E-state index contributed by atoms with van der Waals surface area (Å²) in [6, 6.07) is 11.2. The van der Waals surface area contributed by atoms with Gasteiger partial charge in [-0.2, -0.15) is 0 Å². The number of hydrogen-bond donors (Lipinski definition) is 1. The van der Waals surface area contributed by atoms with E-state index < -0.39 is 0 Å². The number of aromatic nitrogens is 1. The quantitative estimate of drug-likeness (QED) is 0.798. The van der Waals surface area contributed by atoms with Gasteiger partial charge in [-0.25, -0.2) is 9.78 Å². The Morgan fingerprint density at radius 1 is 1.16 bits per heavy atom. The highest BCUT2D eigenvalue weighted by atomic mass is 16.5. The molecule has 0 aliphatic carbocycles. The number of amides is 3. The highest BCUT2D eigenvalue weighted by molar-refractivity contribution is 5.96. The third-order valence-corrected chi connectivity index (χ3v) is 5.60. The molecule has 2 aliphatic rings. The number of nitrogens with one attached hydrogen (secondary N) is 1. The second kappa shape index (κ2) is 9.78. The minimum absolute atomic E-state index is 0.102. The van der Waals surface area contributed by atoms with Crippen LogP contribution in [0.1, 0.15) is 29.3 Å². The van der Waals surface area contributed by atoms with Crippen molar-refractivity contribution in [3.8, 4) is 5.88 Å². The van der Waals surface area contributed by atoms with E-state index >= 15 is 0 Å². The van der Waals surface area contributed by atoms with E-state index in [2.05, 4.69) is 17.2 Å². The summed E-state index contributed by atoms with van der Waals surface area (Å²) in [4.78, 5) is 33.3. The predicted octanol–water partition coefficient (Wildman–Crippen LogP) is 2.80. The smallest absolute Gasteiger partial charge is 0.321 e. The fourth-order valence-corrected chi connectivity index (χ4v) is 3.82. The number of carbonyl (C=O) groups excluding carboxylic acids is 2. The largest absolute Gasteiger partial charge is 0.472 e. The molecular weight excluding hydrogens is 396 g/mol. The van der Waals surface area contributed by atoms with Crippen LogP contribution < -0.4 is 10.1 Å². The monoisotopic (exact) mass is 424 g/mol. The van der Waals surface area contributed by atoms with Crippen molar-refractivity contribution in [2.45, 2.75) is 25.9 Å². The second-order valence-electron chi connectivity index (χ2n) is 7.72. The lowest BCUT2D eigenvalue weighted by atomic mass is 10.1. The SMILES string of the molecule is CCc1cccc(NC(=O)N2CCC(Oc3ncccc3C(=O)N3CCOCC3)C2)c1. The molecule has 0 bridgehead atoms. The molecule has 164 valence electrons. The van der Waals surface area contributed by atoms with E-state index in [-0.39, 0.29) is 18.0 Å². The van der Waals surface area contributed by atoms with Crippen LogP contribution in [0.4, 0.5) is 10.5 Å². The molecule has 31 heavy (non-hydrogen) atoms. The van der Waals surface area contributed by atoms with Crippen LogP contribution in [0, 0.1) is 0 Å². The highest BCUT2D eigenvalue weighted by Crippen LogP contribution is 2.23. The fourth-order valence-electron chi connectivity index (χ4n) is 3.82. The topological polar surface area (TPSA) is 84.0 Å². The van der Waals surface area contributed by atoms with Crippen LogP contribution in [0.2, 0.25) is 0 Å². The van der Waals surface area contributed by atoms with Crippen LogP contribution in [-0.4, -0.2) is 72.2 Å². The van der Waals surface area contributed by atoms with Gasteiger partial charge in [-0.3, -0.25) is 4.79 Å². The number of likely N-dealkylation sites (tertiary alicyclic amines) is 1. The number of carbonyl (C=O) groups is 2. The van der Waals surface area contributed by atoms with Crippen molar-refractivity contribution in [1.29, 1.82) is 0 Å². The first-order chi connectivity index (χ1) is 15.1. The molecule has 8 nitrogen and oxygen atoms in total. The molecule has 8 heteroatoms. The lowest BCUT2D eigenvalue weighted by Gasteiger charge is -2.27. The zero-order valence-electron chi connectivity index (χ0n) is 17.8. The molecule has 0 saturated carbocycles. The van der Waals surface area contributed by atoms with Crippen molar-refractivity contribution in [2.75, 3.05) is 44.7 Å². The molecular formula is C23H28N4O4. The summed E-state index contributed by atoms with van der Waals surface area (Å²) in [5.74, 6) is 0.219. The molecule has 1 N–H and O–H groups in total. The molecule has 1 aromatic heterocycles. The molecule has 3 amide bonds. The molecule has 2 aliphatic heterocycles. The molecule has 2 fully saturated rings. The summed E-state index contributed by atoms with van der Waals surface area (Å²) >= 11 is 0. The molecule has 2 saturated heterocycles. The zero-order chi connectivity index (χ0) is 21.6. The predicted molar refractivity (Wildman–Crippen MR) is 116 cm³/mol. The average molecular weight is 425 g/mol. The third kappa shape index (κ3) is 5.14. The number of morpholine rings is 1. The summed E-state index contributed by atoms with van der Waals surface area (Å²) < 4.78 is 11.4. The minimum Gasteiger partial charge on any atom is -0.472 e. The maximum atomic E-state index is 12.9. The molecule has 1 unspecified atom stereocenters. The molecule has 1 atom stereocenters. The summed E-state index contributed by atoms with van der Waals surface area (Å²) in [6.07, 6.45) is 3.01. The average Bonchev–Trinajstić information content (AvgIpc) is 3.28. The highest BCUT2D eigenvalue weighted by Gasteiger charge is 2.30. The molecule has 1 aromatic carbocycles. The Kier molecular flexibility index (Phi) is 6.66. The first kappa shape index (κ1) is 21.1. The number of benzene rings is 1. The van der Waals surface area contributed by atoms with Gasteiger partial charge >= 0.3 is 6.03 Å². The van der Waals surface area contributed by atoms with Crippen molar-refractivity contribution in [1.82, 2.24) is 14.8 Å². The van der Waals surface area contributed by atoms with E-state index in [1.807, 2.05) is 24.3 Å². The van der Waals surface area contributed by atoms with Gasteiger partial charge in [0.15, 0.2) is 0 Å². The lowest BCUT2D eigenvalue weighted by Crippen LogP contribution is -2.41. The number of hydrogen-bond acceptors (Lipinski definition) is 5. The van der Waals surface area contributed by atoms with Crippen LogP contribution in [0.25, 0.3) is 0 Å². The maximum absolute atomic E-state index is 12.9. The number of pyridine rings is 1. The fraction of sp³-hybridized carbons (Fsp3) is 0.435. The number of ether oxygens (including phenoxy) is 2. The van der Waals surface area contributed by atoms with Crippen molar-refractivity contribution in [3.63, 3.8) is 0 Å². The Balaban J connectivity index is 1.37. The Morgan fingerprint density at radius 2 is 2.00 bits per heavy atom. The number of rotatable bonds is 5. The summed E-state index contributed by atoms with van der Waals surface area (Å²) in [5.41, 5.74) is 2.41. The van der Waals surface area contributed by atoms with Crippen LogP contribution in [0.3, 0.4) is 0 Å². The van der Waals surface area contributed by atoms with Gasteiger partial charge in [0, 0.05) is 37.9 Å². The number of anilines is 1. The van der Waals surface area contributed by atoms with E-state index in [0.717, 1.165) is 12.1 Å². The Labute approximate surface area is 182 Å². The van der Waals surface area contributed by atoms with E-state index in [0.29, 0.717) is 57.3 Å². The van der Waals surface area contributed by atoms with E-state index in [1.165, 1.54) is 5.56 Å². The normalized spacial score (nSPS) is 18.7. The van der Waals surface area contributed by atoms with Crippen LogP contribution in [-0.2, 0) is 11.2 Å². The van der Waals surface area contributed by atoms with Gasteiger partial charge in [0.25, 0.3) is 5.91 Å². The number of urea groups is 1. The molecule has 0 radical (unpaired) electrons. The van der Waals surface area contributed by atoms with Crippen molar-refractivity contribution in [3.05, 3.63) is 53.7 Å². The van der Waals surface area contributed by atoms with Crippen LogP contribution in [0.5, 0.6) is 5.88 Å². The van der Waals surface area contributed by atoms with Crippen molar-refractivity contribution < 1.29 is 19.1 Å². The van der Waals surface area contributed by atoms with E-state index in [1.54, 1.807) is 28.1 Å². The number of aryl methyl sites for hydroxylation is 1. The lowest BCUT2D eigenvalue weighted by molar-refractivity contribution is 0.0298. The second-order valence-corrected chi connectivity index (χ2v) is 7.72. The van der Waals surface area contributed by atoms with Crippen molar-refractivity contribution >= 4 is 17.6 Å². The summed E-state index contributed by atoms with van der Waals surface area (Å²) in [6.45, 7) is 5.31. The Bertz CT molecular complexity index is 929. The summed E-state index contributed by atoms with van der Waals surface area (Å²) in [5, 5.41) is 2.96. The van der Waals surface area contributed by atoms with Gasteiger partial charge in [-0.15, -0.1) is 0 Å². The molecule has 2 aromatic rings. The van der Waals surface area contributed by atoms with E-state index in [9.17, 15) is 9.59 Å². The Morgan fingerprint density at radius 3 is 2.81 bits per heavy atom. The van der Waals surface area contributed by atoms with Gasteiger partial charge in [-0.05, 0) is 36.2 Å². The third-order valence-electron chi connectivity index (χ3n) is 5.60. The first-order valence-electron chi connectivity index (χ1n) is 10.8. The van der Waals surface area contributed by atoms with Gasteiger partial charge in [-0.1, -0.05) is 19.1 Å². The summed E-state index contributed by atoms with van der Waals surface area (Å²) in [7, 11) is 0. The standard InChI is InChI=1S/C23H28N4O4/c1-2-17-5-3-6-18(15-17)25-23(29)27-10-8-19(16-27)31-21-20(7-4-9-24-21)22(28)26-11-13-30-14-12-26/h3-7,9,15,19H,2,8,10-14,16H2,1H3,(H,25,29). The van der Waals surface area contributed by atoms with Gasteiger partial charge in [0.1, 0.15) is 11.7 Å². The molecule has 3 heterocycles.